The van der Waals surface area contributed by atoms with Gasteiger partial charge in [-0.2, -0.15) is 0 Å². The molecule has 6 rings (SSSR count). The number of benzene rings is 4. The van der Waals surface area contributed by atoms with E-state index >= 15 is 0 Å². The van der Waals surface area contributed by atoms with Gasteiger partial charge in [-0.3, -0.25) is 0 Å². The van der Waals surface area contributed by atoms with Gasteiger partial charge in [-0.25, -0.2) is 9.97 Å². The number of rotatable bonds is 2. The van der Waals surface area contributed by atoms with Crippen molar-refractivity contribution in [2.45, 2.75) is 19.8 Å². The highest BCUT2D eigenvalue weighted by molar-refractivity contribution is 6.21. The molecule has 0 radical (unpaired) electrons. The van der Waals surface area contributed by atoms with E-state index in [-0.39, 0.29) is 0 Å². The summed E-state index contributed by atoms with van der Waals surface area (Å²) in [4.78, 5) is 9.51. The summed E-state index contributed by atoms with van der Waals surface area (Å²) in [7, 11) is 2.11. The number of aryl methyl sites for hydroxylation is 1. The molecule has 0 aliphatic carbocycles. The maximum atomic E-state index is 4.82. The zero-order chi connectivity index (χ0) is 21.1. The van der Waals surface area contributed by atoms with Crippen LogP contribution in [0.4, 0.5) is 0 Å². The van der Waals surface area contributed by atoms with Crippen molar-refractivity contribution in [3.63, 3.8) is 0 Å². The summed E-state index contributed by atoms with van der Waals surface area (Å²) in [6.07, 6.45) is 1.70. The third kappa shape index (κ3) is 2.53. The van der Waals surface area contributed by atoms with Crippen LogP contribution >= 0.6 is 0 Å². The van der Waals surface area contributed by atoms with Gasteiger partial charge < -0.3 is 4.57 Å². The lowest BCUT2D eigenvalue weighted by Crippen LogP contribution is -1.95. The van der Waals surface area contributed by atoms with Crippen LogP contribution in [0.1, 0.15) is 25.3 Å². The van der Waals surface area contributed by atoms with Gasteiger partial charge in [0.2, 0.25) is 0 Å². The highest BCUT2D eigenvalue weighted by Gasteiger charge is 2.19. The van der Waals surface area contributed by atoms with Gasteiger partial charge in [0.15, 0.2) is 0 Å². The van der Waals surface area contributed by atoms with E-state index in [0.29, 0.717) is 5.92 Å². The summed E-state index contributed by atoms with van der Waals surface area (Å²) in [5, 5.41) is 7.34. The Morgan fingerprint density at radius 1 is 0.710 bits per heavy atom. The van der Waals surface area contributed by atoms with E-state index in [1.165, 1.54) is 38.0 Å². The van der Waals surface area contributed by atoms with Gasteiger partial charge in [0.05, 0.1) is 16.6 Å². The summed E-state index contributed by atoms with van der Waals surface area (Å²) < 4.78 is 2.21. The van der Waals surface area contributed by atoms with Gasteiger partial charge >= 0.3 is 0 Å². The van der Waals surface area contributed by atoms with Crippen molar-refractivity contribution >= 4 is 43.5 Å². The van der Waals surface area contributed by atoms with Gasteiger partial charge in [0, 0.05) is 23.4 Å². The molecule has 0 aliphatic heterocycles. The molecule has 0 atom stereocenters. The SMILES string of the molecule is CC(C)c1ccc(-c2ncnc3c2c2ccc4ccccc4c2n3C)c2ccccc12. The van der Waals surface area contributed by atoms with Gasteiger partial charge in [0.25, 0.3) is 0 Å². The second kappa shape index (κ2) is 6.64. The van der Waals surface area contributed by atoms with Crippen molar-refractivity contribution in [1.29, 1.82) is 0 Å². The molecule has 0 unspecified atom stereocenters. The molecule has 3 nitrogen and oxygen atoms in total. The molecule has 0 N–H and O–H groups in total. The predicted molar refractivity (Wildman–Crippen MR) is 131 cm³/mol. The van der Waals surface area contributed by atoms with E-state index < -0.39 is 0 Å². The second-order valence-corrected chi connectivity index (χ2v) is 8.57. The minimum atomic E-state index is 0.466. The Bertz CT molecular complexity index is 1620. The molecule has 6 aromatic rings. The zero-order valence-electron chi connectivity index (χ0n) is 17.9. The van der Waals surface area contributed by atoms with Crippen molar-refractivity contribution in [3.05, 3.63) is 84.7 Å². The summed E-state index contributed by atoms with van der Waals surface area (Å²) in [6.45, 7) is 4.50. The van der Waals surface area contributed by atoms with Crippen LogP contribution in [0.3, 0.4) is 0 Å². The number of hydrogen-bond donors (Lipinski definition) is 0. The molecule has 3 heteroatoms. The molecule has 150 valence electrons. The van der Waals surface area contributed by atoms with Crippen LogP contribution in [0.15, 0.2) is 79.1 Å². The minimum absolute atomic E-state index is 0.466. The van der Waals surface area contributed by atoms with Gasteiger partial charge in [-0.1, -0.05) is 86.6 Å². The van der Waals surface area contributed by atoms with Crippen LogP contribution in [-0.2, 0) is 7.05 Å². The number of hydrogen-bond acceptors (Lipinski definition) is 2. The van der Waals surface area contributed by atoms with Gasteiger partial charge in [-0.15, -0.1) is 0 Å². The van der Waals surface area contributed by atoms with Gasteiger partial charge in [-0.05, 0) is 27.6 Å². The smallest absolute Gasteiger partial charge is 0.144 e. The van der Waals surface area contributed by atoms with Crippen molar-refractivity contribution in [3.8, 4) is 11.3 Å². The van der Waals surface area contributed by atoms with E-state index in [9.17, 15) is 0 Å². The predicted octanol–water partition coefficient (Wildman–Crippen LogP) is 7.22. The fourth-order valence-electron chi connectivity index (χ4n) is 5.04. The Balaban J connectivity index is 1.77. The summed E-state index contributed by atoms with van der Waals surface area (Å²) in [5.41, 5.74) is 5.70. The molecule has 2 aromatic heterocycles. The third-order valence-electron chi connectivity index (χ3n) is 6.49. The lowest BCUT2D eigenvalue weighted by atomic mass is 9.91. The molecule has 4 aromatic carbocycles. The van der Waals surface area contributed by atoms with Crippen molar-refractivity contribution in [2.75, 3.05) is 0 Å². The quantitative estimate of drug-likeness (QED) is 0.307. The summed E-state index contributed by atoms with van der Waals surface area (Å²) in [6, 6.07) is 26.1. The highest BCUT2D eigenvalue weighted by atomic mass is 15.0. The van der Waals surface area contributed by atoms with E-state index in [4.69, 9.17) is 4.98 Å². The normalized spacial score (nSPS) is 12.0. The summed E-state index contributed by atoms with van der Waals surface area (Å²) >= 11 is 0. The van der Waals surface area contributed by atoms with Crippen LogP contribution in [0, 0.1) is 0 Å². The van der Waals surface area contributed by atoms with E-state index in [2.05, 4.69) is 103 Å². The van der Waals surface area contributed by atoms with Crippen molar-refractivity contribution in [2.24, 2.45) is 7.05 Å². The van der Waals surface area contributed by atoms with Crippen molar-refractivity contribution in [1.82, 2.24) is 14.5 Å². The fourth-order valence-corrected chi connectivity index (χ4v) is 5.04. The van der Waals surface area contributed by atoms with Crippen LogP contribution in [0.2, 0.25) is 0 Å². The number of fused-ring (bicyclic) bond motifs is 6. The molecule has 0 saturated carbocycles. The molecule has 0 amide bonds. The largest absolute Gasteiger partial charge is 0.328 e. The fraction of sp³-hybridized carbons (Fsp3) is 0.143. The number of nitrogens with zero attached hydrogens (tertiary/aromatic N) is 3. The average Bonchev–Trinajstić information content (AvgIpc) is 3.11. The molecule has 0 fully saturated rings. The Kier molecular flexibility index (Phi) is 3.87. The standard InChI is InChI=1S/C28H23N3/c1-17(2)19-14-15-23(22-11-7-6-10-21(19)22)26-25-24-13-12-18-8-4-5-9-20(18)27(24)31(3)28(25)30-16-29-26/h4-17H,1-3H3. The van der Waals surface area contributed by atoms with Crippen LogP contribution in [0.5, 0.6) is 0 Å². The first-order valence-electron chi connectivity index (χ1n) is 10.8. The van der Waals surface area contributed by atoms with E-state index in [1.807, 2.05) is 0 Å². The molecule has 0 aliphatic rings. The van der Waals surface area contributed by atoms with Crippen LogP contribution < -0.4 is 0 Å². The lowest BCUT2D eigenvalue weighted by molar-refractivity contribution is 0.876. The van der Waals surface area contributed by atoms with Crippen LogP contribution in [0.25, 0.3) is 54.7 Å². The van der Waals surface area contributed by atoms with Gasteiger partial charge in [0.1, 0.15) is 12.0 Å². The lowest BCUT2D eigenvalue weighted by Gasteiger charge is -2.14. The monoisotopic (exact) mass is 401 g/mol. The molecule has 0 saturated heterocycles. The molecular weight excluding hydrogens is 378 g/mol. The van der Waals surface area contributed by atoms with E-state index in [0.717, 1.165) is 22.3 Å². The maximum absolute atomic E-state index is 4.82. The van der Waals surface area contributed by atoms with Crippen molar-refractivity contribution < 1.29 is 0 Å². The average molecular weight is 402 g/mol. The number of aromatic nitrogens is 3. The highest BCUT2D eigenvalue weighted by Crippen LogP contribution is 2.40. The molecule has 0 bridgehead atoms. The Morgan fingerprint density at radius 3 is 2.26 bits per heavy atom. The Hall–Kier alpha value is -3.72. The topological polar surface area (TPSA) is 30.7 Å². The van der Waals surface area contributed by atoms with Crippen LogP contribution in [-0.4, -0.2) is 14.5 Å². The molecule has 2 heterocycles. The maximum Gasteiger partial charge on any atom is 0.144 e. The minimum Gasteiger partial charge on any atom is -0.328 e. The first-order valence-corrected chi connectivity index (χ1v) is 10.8. The first-order chi connectivity index (χ1) is 15.1. The Labute approximate surface area is 181 Å². The third-order valence-corrected chi connectivity index (χ3v) is 6.49. The first kappa shape index (κ1) is 18.1. The second-order valence-electron chi connectivity index (χ2n) is 8.57. The van der Waals surface area contributed by atoms with E-state index in [1.54, 1.807) is 6.33 Å². The molecular formula is C28H23N3. The zero-order valence-corrected chi connectivity index (χ0v) is 17.9. The molecule has 31 heavy (non-hydrogen) atoms. The summed E-state index contributed by atoms with van der Waals surface area (Å²) in [5.74, 6) is 0.466. The molecule has 0 spiro atoms. The Morgan fingerprint density at radius 2 is 1.45 bits per heavy atom.